The lowest BCUT2D eigenvalue weighted by Gasteiger charge is -2.46. The first-order chi connectivity index (χ1) is 14.0. The van der Waals surface area contributed by atoms with E-state index in [4.69, 9.17) is 23.7 Å². The van der Waals surface area contributed by atoms with Gasteiger partial charge >= 0.3 is 0 Å². The van der Waals surface area contributed by atoms with Crippen LogP contribution >= 0.6 is 15.9 Å². The summed E-state index contributed by atoms with van der Waals surface area (Å²) in [6, 6.07) is 0. The second kappa shape index (κ2) is 8.83. The Labute approximate surface area is 182 Å². The highest BCUT2D eigenvalue weighted by molar-refractivity contribution is 9.09. The third kappa shape index (κ3) is 3.44. The SMILES string of the molecule is CCOC(C)OC[C@H]1[C@@H](CC=O)[C@@H]2O[C@@H]3[C@@H](Br)[C@H]4C[C@@H]3[C@@H]2[C@@]41COC(C)OCC. The number of carbonyl (C=O) groups is 1. The van der Waals surface area contributed by atoms with Crippen LogP contribution in [0.3, 0.4) is 0 Å². The maximum atomic E-state index is 11.6. The standard InChI is InChI=1S/C22H35BrO6/c1-5-25-12(3)27-10-17-14(7-8-24)20-18-15-9-16(19(23)21(15)29-20)22(17,18)11-28-13(4)26-6-2/h8,12-21H,5-7,9-11H2,1-4H3/t12?,13?,14-,15-,16-,17+,18+,19+,20+,21+,22+/m1/s1. The summed E-state index contributed by atoms with van der Waals surface area (Å²) in [5, 5.41) is 0. The molecule has 0 radical (unpaired) electrons. The van der Waals surface area contributed by atoms with Gasteiger partial charge in [-0.2, -0.15) is 0 Å². The van der Waals surface area contributed by atoms with Crippen molar-refractivity contribution < 1.29 is 28.5 Å². The molecule has 2 unspecified atom stereocenters. The summed E-state index contributed by atoms with van der Waals surface area (Å²) in [6.07, 6.45) is 2.61. The molecule has 6 nitrogen and oxygen atoms in total. The average molecular weight is 475 g/mol. The first-order valence-electron chi connectivity index (χ1n) is 11.2. The van der Waals surface area contributed by atoms with E-state index < -0.39 is 0 Å². The second-order valence-corrected chi connectivity index (χ2v) is 10.1. The van der Waals surface area contributed by atoms with Crippen molar-refractivity contribution >= 4 is 22.2 Å². The van der Waals surface area contributed by atoms with Crippen LogP contribution in [0.4, 0.5) is 0 Å². The monoisotopic (exact) mass is 474 g/mol. The highest BCUT2D eigenvalue weighted by atomic mass is 79.9. The molecule has 1 saturated heterocycles. The highest BCUT2D eigenvalue weighted by Gasteiger charge is 2.78. The third-order valence-electron chi connectivity index (χ3n) is 7.97. The van der Waals surface area contributed by atoms with Gasteiger partial charge in [0.1, 0.15) is 6.29 Å². The van der Waals surface area contributed by atoms with Crippen molar-refractivity contribution in [3.05, 3.63) is 0 Å². The normalized spacial score (nSPS) is 46.4. The summed E-state index contributed by atoms with van der Waals surface area (Å²) in [5.74, 6) is 1.82. The molecule has 0 amide bonds. The van der Waals surface area contributed by atoms with E-state index in [9.17, 15) is 4.79 Å². The molecule has 11 atom stereocenters. The van der Waals surface area contributed by atoms with Crippen LogP contribution in [0.1, 0.15) is 40.5 Å². The molecule has 0 spiro atoms. The number of rotatable bonds is 12. The Balaban J connectivity index is 1.62. The molecule has 29 heavy (non-hydrogen) atoms. The predicted molar refractivity (Wildman–Crippen MR) is 111 cm³/mol. The Morgan fingerprint density at radius 3 is 2.45 bits per heavy atom. The minimum absolute atomic E-state index is 0.0541. The minimum atomic E-state index is -0.260. The Morgan fingerprint density at radius 2 is 1.79 bits per heavy atom. The van der Waals surface area contributed by atoms with Crippen LogP contribution < -0.4 is 0 Å². The molecule has 166 valence electrons. The van der Waals surface area contributed by atoms with E-state index in [1.54, 1.807) is 0 Å². The molecule has 1 heterocycles. The molecule has 4 aliphatic rings. The Kier molecular flexibility index (Phi) is 6.75. The van der Waals surface area contributed by atoms with Gasteiger partial charge in [-0.1, -0.05) is 15.9 Å². The van der Waals surface area contributed by atoms with Gasteiger partial charge in [-0.05, 0) is 63.7 Å². The minimum Gasteiger partial charge on any atom is -0.373 e. The molecule has 1 aliphatic heterocycles. The Hall–Kier alpha value is -0.0500. The first-order valence-corrected chi connectivity index (χ1v) is 12.1. The lowest BCUT2D eigenvalue weighted by Crippen LogP contribution is -2.51. The second-order valence-electron chi connectivity index (χ2n) is 9.02. The van der Waals surface area contributed by atoms with Gasteiger partial charge in [0.15, 0.2) is 12.6 Å². The maximum absolute atomic E-state index is 11.6. The van der Waals surface area contributed by atoms with Crippen LogP contribution in [0.2, 0.25) is 0 Å². The molecular formula is C22H35BrO6. The number of ether oxygens (including phenoxy) is 5. The van der Waals surface area contributed by atoms with E-state index in [-0.39, 0.29) is 42.0 Å². The number of alkyl halides is 1. The first kappa shape index (κ1) is 22.2. The van der Waals surface area contributed by atoms with Gasteiger partial charge in [-0.25, -0.2) is 0 Å². The number of halogens is 1. The van der Waals surface area contributed by atoms with Crippen molar-refractivity contribution in [3.63, 3.8) is 0 Å². The highest BCUT2D eigenvalue weighted by Crippen LogP contribution is 2.75. The van der Waals surface area contributed by atoms with Crippen molar-refractivity contribution in [2.45, 2.75) is 70.2 Å². The van der Waals surface area contributed by atoms with E-state index in [1.807, 2.05) is 27.7 Å². The predicted octanol–water partition coefficient (Wildman–Crippen LogP) is 3.40. The molecule has 4 rings (SSSR count). The molecule has 0 aromatic heterocycles. The lowest BCUT2D eigenvalue weighted by atomic mass is 9.63. The van der Waals surface area contributed by atoms with Gasteiger partial charge in [-0.15, -0.1) is 0 Å². The zero-order valence-electron chi connectivity index (χ0n) is 17.9. The average Bonchev–Trinajstić information content (AvgIpc) is 3.35. The molecule has 7 heteroatoms. The van der Waals surface area contributed by atoms with Gasteiger partial charge in [0.2, 0.25) is 0 Å². The smallest absolute Gasteiger partial charge is 0.154 e. The van der Waals surface area contributed by atoms with Crippen LogP contribution in [-0.2, 0) is 28.5 Å². The van der Waals surface area contributed by atoms with Gasteiger partial charge in [0.05, 0.1) is 25.4 Å². The van der Waals surface area contributed by atoms with Gasteiger partial charge < -0.3 is 28.5 Å². The van der Waals surface area contributed by atoms with E-state index in [0.29, 0.717) is 55.4 Å². The van der Waals surface area contributed by atoms with Gasteiger partial charge in [-0.3, -0.25) is 0 Å². The van der Waals surface area contributed by atoms with E-state index >= 15 is 0 Å². The molecule has 0 aromatic carbocycles. The maximum Gasteiger partial charge on any atom is 0.154 e. The topological polar surface area (TPSA) is 63.2 Å². The molecular weight excluding hydrogens is 440 g/mol. The fraction of sp³-hybridized carbons (Fsp3) is 0.955. The van der Waals surface area contributed by atoms with Crippen molar-refractivity contribution in [1.29, 1.82) is 0 Å². The number of hydrogen-bond donors (Lipinski definition) is 0. The van der Waals surface area contributed by atoms with Crippen molar-refractivity contribution in [3.8, 4) is 0 Å². The summed E-state index contributed by atoms with van der Waals surface area (Å²) in [4.78, 5) is 11.9. The number of carbonyl (C=O) groups excluding carboxylic acids is 1. The van der Waals surface area contributed by atoms with Crippen LogP contribution in [0.15, 0.2) is 0 Å². The number of fused-ring (bicyclic) bond motifs is 2. The number of aldehydes is 1. The summed E-state index contributed by atoms with van der Waals surface area (Å²) in [7, 11) is 0. The van der Waals surface area contributed by atoms with Crippen molar-refractivity contribution in [2.75, 3.05) is 26.4 Å². The van der Waals surface area contributed by atoms with Gasteiger partial charge in [0.25, 0.3) is 0 Å². The Bertz CT molecular complexity index is 590. The van der Waals surface area contributed by atoms with Crippen LogP contribution in [0.25, 0.3) is 0 Å². The Morgan fingerprint density at radius 1 is 1.10 bits per heavy atom. The zero-order valence-corrected chi connectivity index (χ0v) is 19.5. The largest absolute Gasteiger partial charge is 0.373 e. The molecule has 0 aromatic rings. The quantitative estimate of drug-likeness (QED) is 0.245. The fourth-order valence-electron chi connectivity index (χ4n) is 7.11. The molecule has 4 fully saturated rings. The molecule has 3 saturated carbocycles. The lowest BCUT2D eigenvalue weighted by molar-refractivity contribution is -0.186. The molecule has 2 bridgehead atoms. The number of hydrogen-bond acceptors (Lipinski definition) is 6. The van der Waals surface area contributed by atoms with Crippen LogP contribution in [0.5, 0.6) is 0 Å². The molecule has 3 aliphatic carbocycles. The zero-order chi connectivity index (χ0) is 20.8. The summed E-state index contributed by atoms with van der Waals surface area (Å²) in [5.41, 5.74) is -0.0541. The van der Waals surface area contributed by atoms with Crippen LogP contribution in [-0.4, -0.2) is 62.3 Å². The molecule has 0 N–H and O–H groups in total. The van der Waals surface area contributed by atoms with Crippen molar-refractivity contribution in [2.24, 2.45) is 35.0 Å². The fourth-order valence-corrected chi connectivity index (χ4v) is 8.33. The summed E-state index contributed by atoms with van der Waals surface area (Å²) >= 11 is 3.97. The van der Waals surface area contributed by atoms with E-state index in [0.717, 1.165) is 6.29 Å². The van der Waals surface area contributed by atoms with Crippen LogP contribution in [0, 0.1) is 35.0 Å². The third-order valence-corrected chi connectivity index (χ3v) is 9.12. The van der Waals surface area contributed by atoms with Crippen molar-refractivity contribution in [1.82, 2.24) is 0 Å². The van der Waals surface area contributed by atoms with Gasteiger partial charge in [0, 0.05) is 29.9 Å². The van der Waals surface area contributed by atoms with E-state index in [1.165, 1.54) is 6.42 Å². The summed E-state index contributed by atoms with van der Waals surface area (Å²) in [6.45, 7) is 10.3. The van der Waals surface area contributed by atoms with E-state index in [2.05, 4.69) is 15.9 Å². The summed E-state index contributed by atoms with van der Waals surface area (Å²) < 4.78 is 30.3.